The van der Waals surface area contributed by atoms with Crippen LogP contribution in [0.3, 0.4) is 0 Å². The molecule has 6 nitrogen and oxygen atoms in total. The van der Waals surface area contributed by atoms with E-state index in [1.54, 1.807) is 0 Å². The second-order valence-corrected chi connectivity index (χ2v) is 5.91. The first kappa shape index (κ1) is 17.0. The van der Waals surface area contributed by atoms with Crippen molar-refractivity contribution in [2.24, 2.45) is 0 Å². The van der Waals surface area contributed by atoms with Gasteiger partial charge in [0.1, 0.15) is 16.2 Å². The van der Waals surface area contributed by atoms with Crippen LogP contribution in [0.2, 0.25) is 0 Å². The van der Waals surface area contributed by atoms with E-state index in [0.29, 0.717) is 11.7 Å². The van der Waals surface area contributed by atoms with Crippen LogP contribution < -0.4 is 17.2 Å². The van der Waals surface area contributed by atoms with Crippen molar-refractivity contribution in [1.29, 1.82) is 0 Å². The van der Waals surface area contributed by atoms with E-state index in [1.165, 1.54) is 17.7 Å². The van der Waals surface area contributed by atoms with Gasteiger partial charge in [-0.3, -0.25) is 0 Å². The Kier molecular flexibility index (Phi) is 5.71. The predicted octanol–water partition coefficient (Wildman–Crippen LogP) is 0.745. The van der Waals surface area contributed by atoms with Crippen LogP contribution in [-0.4, -0.2) is 13.0 Å². The zero-order valence-electron chi connectivity index (χ0n) is 11.7. The molecule has 0 aliphatic rings. The first-order chi connectivity index (χ1) is 9.71. The van der Waals surface area contributed by atoms with Gasteiger partial charge >= 0.3 is 0 Å². The van der Waals surface area contributed by atoms with Crippen LogP contribution in [0.5, 0.6) is 0 Å². The van der Waals surface area contributed by atoms with Crippen LogP contribution >= 0.6 is 0 Å². The molecule has 7 heteroatoms. The lowest BCUT2D eigenvalue weighted by Crippen LogP contribution is -2.51. The van der Waals surface area contributed by atoms with E-state index in [9.17, 15) is 13.0 Å². The Morgan fingerprint density at radius 2 is 1.67 bits per heavy atom. The largest absolute Gasteiger partial charge is 0.744 e. The summed E-state index contributed by atoms with van der Waals surface area (Å²) in [4.78, 5) is -0.434. The molecule has 0 fully saturated rings. The van der Waals surface area contributed by atoms with Crippen molar-refractivity contribution in [2.45, 2.75) is 17.9 Å². The lowest BCUT2D eigenvalue weighted by Gasteiger charge is -2.09. The van der Waals surface area contributed by atoms with E-state index in [4.69, 9.17) is 11.5 Å². The monoisotopic (exact) mass is 309 g/mol. The number of hydrogen-bond donors (Lipinski definition) is 3. The summed E-state index contributed by atoms with van der Waals surface area (Å²) in [6.45, 7) is 2.09. The Bertz CT molecular complexity index is 686. The first-order valence-electron chi connectivity index (χ1n) is 6.20. The average Bonchev–Trinajstić information content (AvgIpc) is 2.38. The molecule has 0 heterocycles. The van der Waals surface area contributed by atoms with Crippen LogP contribution in [0.1, 0.15) is 18.5 Å². The normalized spacial score (nSPS) is 12.1. The average molecular weight is 309 g/mol. The van der Waals surface area contributed by atoms with E-state index >= 15 is 0 Å². The van der Waals surface area contributed by atoms with Gasteiger partial charge in [-0.1, -0.05) is 30.3 Å². The summed E-state index contributed by atoms with van der Waals surface area (Å²) in [7, 11) is -4.48. The van der Waals surface area contributed by atoms with Crippen LogP contribution in [-0.2, 0) is 10.1 Å². The Morgan fingerprint density at radius 1 is 1.10 bits per heavy atom. The number of rotatable bonds is 2. The second kappa shape index (κ2) is 7.07. The van der Waals surface area contributed by atoms with Gasteiger partial charge in [-0.15, -0.1) is 0 Å². The molecule has 1 unspecified atom stereocenters. The van der Waals surface area contributed by atoms with Crippen molar-refractivity contribution < 1.29 is 18.7 Å². The van der Waals surface area contributed by atoms with E-state index in [0.717, 1.165) is 6.07 Å². The summed E-state index contributed by atoms with van der Waals surface area (Å²) in [5.74, 6) is 0. The van der Waals surface area contributed by atoms with Crippen molar-refractivity contribution >= 4 is 21.5 Å². The molecule has 0 spiro atoms. The van der Waals surface area contributed by atoms with E-state index in [2.05, 4.69) is 24.8 Å². The van der Waals surface area contributed by atoms with Gasteiger partial charge in [0.15, 0.2) is 0 Å². The van der Waals surface area contributed by atoms with Crippen molar-refractivity contribution in [1.82, 2.24) is 0 Å². The molecule has 0 aromatic heterocycles. The third kappa shape index (κ3) is 5.42. The molecular formula is C14H19N3O3S. The third-order valence-electron chi connectivity index (χ3n) is 2.67. The number of nitrogens with two attached hydrogens (primary N) is 2. The minimum Gasteiger partial charge on any atom is -0.744 e. The lowest BCUT2D eigenvalue weighted by atomic mass is 10.1. The number of benzene rings is 2. The molecule has 0 amide bonds. The molecule has 0 aliphatic heterocycles. The van der Waals surface area contributed by atoms with Gasteiger partial charge in [0.2, 0.25) is 0 Å². The molecule has 1 atom stereocenters. The topological polar surface area (TPSA) is 137 Å². The Balaban J connectivity index is 0.000000219. The van der Waals surface area contributed by atoms with Gasteiger partial charge in [-0.25, -0.2) is 8.42 Å². The van der Waals surface area contributed by atoms with Crippen molar-refractivity contribution in [3.05, 3.63) is 54.1 Å². The molecule has 2 aromatic rings. The van der Waals surface area contributed by atoms with Gasteiger partial charge in [0.05, 0.1) is 10.6 Å². The standard InChI is InChI=1S/C8H11N.C6H8N2O3S/c1-7(9)8-5-3-2-4-6-8;7-4-1-2-6(5(8)3-4)12(9,10)11/h2-7H,9H2,1H3;1-3H,7-8H2,(H,9,10,11). The fourth-order valence-corrected chi connectivity index (χ4v) is 2.16. The van der Waals surface area contributed by atoms with Gasteiger partial charge in [-0.05, 0) is 25.1 Å². The zero-order valence-corrected chi connectivity index (χ0v) is 12.5. The fourth-order valence-electron chi connectivity index (χ4n) is 1.58. The van der Waals surface area contributed by atoms with Crippen LogP contribution in [0.25, 0.3) is 0 Å². The summed E-state index contributed by atoms with van der Waals surface area (Å²) in [5.41, 5.74) is 16.0. The minimum atomic E-state index is -4.48. The summed E-state index contributed by atoms with van der Waals surface area (Å²) in [6.07, 6.45) is 0. The third-order valence-corrected chi connectivity index (χ3v) is 3.58. The quantitative estimate of drug-likeness (QED) is 0.555. The highest BCUT2D eigenvalue weighted by atomic mass is 32.2. The summed E-state index contributed by atoms with van der Waals surface area (Å²) >= 11 is 0. The predicted molar refractivity (Wildman–Crippen MR) is 81.0 cm³/mol. The highest BCUT2D eigenvalue weighted by Gasteiger charge is 2.05. The fraction of sp³-hybridized carbons (Fsp3) is 0.143. The molecule has 0 bridgehead atoms. The first-order valence-corrected chi connectivity index (χ1v) is 7.61. The number of nitrogen functional groups attached to an aromatic ring is 2. The van der Waals surface area contributed by atoms with E-state index in [-0.39, 0.29) is 5.69 Å². The highest BCUT2D eigenvalue weighted by Crippen LogP contribution is 2.19. The zero-order chi connectivity index (χ0) is 16.0. The van der Waals surface area contributed by atoms with Gasteiger partial charge in [0, 0.05) is 11.3 Å². The molecule has 2 rings (SSSR count). The van der Waals surface area contributed by atoms with Crippen LogP contribution in [0, 0.1) is 0 Å². The SMILES string of the molecule is CC([NH3+])c1ccccc1.Nc1ccc(S(=O)(=O)[O-])c(N)c1. The summed E-state index contributed by atoms with van der Waals surface area (Å²) < 4.78 is 31.5. The minimum absolute atomic E-state index is 0.120. The number of hydrogen-bond acceptors (Lipinski definition) is 5. The lowest BCUT2D eigenvalue weighted by molar-refractivity contribution is -0.420. The highest BCUT2D eigenvalue weighted by molar-refractivity contribution is 7.86. The number of anilines is 2. The Labute approximate surface area is 124 Å². The Hall–Kier alpha value is -2.09. The Morgan fingerprint density at radius 3 is 2.05 bits per heavy atom. The summed E-state index contributed by atoms with van der Waals surface area (Å²) in [6, 6.07) is 14.3. The molecule has 0 aliphatic carbocycles. The molecule has 114 valence electrons. The number of quaternary nitrogens is 1. The van der Waals surface area contributed by atoms with Crippen molar-refractivity contribution in [3.8, 4) is 0 Å². The molecule has 0 saturated heterocycles. The molecule has 0 saturated carbocycles. The smallest absolute Gasteiger partial charge is 0.126 e. The van der Waals surface area contributed by atoms with Crippen molar-refractivity contribution in [2.75, 3.05) is 11.5 Å². The maximum Gasteiger partial charge on any atom is 0.126 e. The van der Waals surface area contributed by atoms with Gasteiger partial charge < -0.3 is 21.8 Å². The summed E-state index contributed by atoms with van der Waals surface area (Å²) in [5, 5.41) is 0. The maximum absolute atomic E-state index is 10.5. The second-order valence-electron chi connectivity index (χ2n) is 4.56. The van der Waals surface area contributed by atoms with E-state index < -0.39 is 15.0 Å². The molecule has 2 aromatic carbocycles. The van der Waals surface area contributed by atoms with Crippen LogP contribution in [0.4, 0.5) is 11.4 Å². The van der Waals surface area contributed by atoms with Crippen molar-refractivity contribution in [3.63, 3.8) is 0 Å². The molecule has 0 radical (unpaired) electrons. The van der Waals surface area contributed by atoms with E-state index in [1.807, 2.05) is 18.2 Å². The molecule has 21 heavy (non-hydrogen) atoms. The van der Waals surface area contributed by atoms with Gasteiger partial charge in [-0.2, -0.15) is 0 Å². The molecule has 7 N–H and O–H groups in total. The maximum atomic E-state index is 10.5. The molecular weight excluding hydrogens is 290 g/mol. The van der Waals surface area contributed by atoms with Gasteiger partial charge in [0.25, 0.3) is 0 Å². The van der Waals surface area contributed by atoms with Crippen LogP contribution in [0.15, 0.2) is 53.4 Å².